The first-order chi connectivity index (χ1) is 15.8. The summed E-state index contributed by atoms with van der Waals surface area (Å²) in [6, 6.07) is 0. The van der Waals surface area contributed by atoms with E-state index in [0.29, 0.717) is 13.2 Å². The van der Waals surface area contributed by atoms with E-state index in [1.165, 1.54) is 63.1 Å². The molecule has 1 unspecified atom stereocenters. The van der Waals surface area contributed by atoms with Crippen LogP contribution in [0.2, 0.25) is 0 Å². The molecule has 0 rings (SSSR count). The van der Waals surface area contributed by atoms with Crippen LogP contribution in [-0.2, 0) is 52.4 Å². The molecule has 0 saturated carbocycles. The molecule has 0 amide bonds. The molecule has 0 saturated heterocycles. The standard InChI is InChI=1S/C6H12O3.C5H10O2.3C4H8O2/c1-6(7)5-9-4-3-8-2;1-4(6)5(2)7-3;3*1-4(5)3-6-2/h3-5H2,1-2H3;5H,1-3H3;3*3H2,1-2H3. The number of methoxy groups -OCH3 is 5. The van der Waals surface area contributed by atoms with Gasteiger partial charge in [-0.05, 0) is 41.5 Å². The fourth-order valence-electron chi connectivity index (χ4n) is 1.13. The summed E-state index contributed by atoms with van der Waals surface area (Å²) >= 11 is 0. The lowest BCUT2D eigenvalue weighted by Gasteiger charge is -2.00. The third-order valence-corrected chi connectivity index (χ3v) is 2.71. The molecule has 0 aromatic carbocycles. The van der Waals surface area contributed by atoms with Gasteiger partial charge < -0.3 is 28.4 Å². The first-order valence-corrected chi connectivity index (χ1v) is 10.3. The van der Waals surface area contributed by atoms with Gasteiger partial charge in [-0.3, -0.25) is 24.0 Å². The van der Waals surface area contributed by atoms with Crippen LogP contribution in [0.4, 0.5) is 0 Å². The van der Waals surface area contributed by atoms with E-state index in [9.17, 15) is 24.0 Å². The molecule has 0 radical (unpaired) electrons. The van der Waals surface area contributed by atoms with Crippen molar-refractivity contribution in [3.05, 3.63) is 0 Å². The zero-order valence-corrected chi connectivity index (χ0v) is 22.8. The van der Waals surface area contributed by atoms with Crippen molar-refractivity contribution in [1.82, 2.24) is 0 Å². The quantitative estimate of drug-likeness (QED) is 0.341. The number of hydrogen-bond donors (Lipinski definition) is 0. The molecule has 34 heavy (non-hydrogen) atoms. The van der Waals surface area contributed by atoms with Crippen molar-refractivity contribution >= 4 is 28.9 Å². The number of ketones is 5. The molecule has 0 aromatic rings. The second-order valence-electron chi connectivity index (χ2n) is 6.64. The lowest BCUT2D eigenvalue weighted by Crippen LogP contribution is -2.14. The SMILES string of the molecule is COC(C)C(C)=O.COCC(C)=O.COCC(C)=O.COCC(C)=O.COCCOCC(C)=O. The summed E-state index contributed by atoms with van der Waals surface area (Å²) in [7, 11) is 7.62. The summed E-state index contributed by atoms with van der Waals surface area (Å²) in [5.74, 6) is 0.320. The van der Waals surface area contributed by atoms with Crippen LogP contribution in [0.5, 0.6) is 0 Å². The molecule has 0 N–H and O–H groups in total. The minimum Gasteiger partial charge on any atom is -0.382 e. The van der Waals surface area contributed by atoms with E-state index >= 15 is 0 Å². The number of hydrogen-bond acceptors (Lipinski definition) is 11. The lowest BCUT2D eigenvalue weighted by atomic mass is 10.3. The molecule has 0 bridgehead atoms. The van der Waals surface area contributed by atoms with Crippen molar-refractivity contribution in [3.63, 3.8) is 0 Å². The second kappa shape index (κ2) is 35.7. The summed E-state index contributed by atoms with van der Waals surface area (Å²) in [6.07, 6.45) is -0.236. The Bertz CT molecular complexity index is 467. The molecule has 204 valence electrons. The van der Waals surface area contributed by atoms with Gasteiger partial charge in [0, 0.05) is 35.5 Å². The average molecular weight is 499 g/mol. The van der Waals surface area contributed by atoms with Gasteiger partial charge in [-0.2, -0.15) is 0 Å². The Labute approximate surface area is 204 Å². The first kappa shape index (κ1) is 42.3. The highest BCUT2D eigenvalue weighted by Crippen LogP contribution is 1.86. The number of ether oxygens (including phenoxy) is 6. The van der Waals surface area contributed by atoms with Crippen molar-refractivity contribution in [1.29, 1.82) is 0 Å². The lowest BCUT2D eigenvalue weighted by molar-refractivity contribution is -0.125. The van der Waals surface area contributed by atoms with E-state index in [1.807, 2.05) is 0 Å². The highest BCUT2D eigenvalue weighted by molar-refractivity contribution is 5.80. The molecule has 0 heterocycles. The van der Waals surface area contributed by atoms with Crippen LogP contribution >= 0.6 is 0 Å². The third kappa shape index (κ3) is 69.9. The van der Waals surface area contributed by atoms with Crippen molar-refractivity contribution in [2.75, 3.05) is 75.2 Å². The van der Waals surface area contributed by atoms with Gasteiger partial charge in [-0.15, -0.1) is 0 Å². The van der Waals surface area contributed by atoms with Crippen LogP contribution in [0.25, 0.3) is 0 Å². The van der Waals surface area contributed by atoms with Crippen molar-refractivity contribution in [2.24, 2.45) is 0 Å². The summed E-state index contributed by atoms with van der Waals surface area (Å²) in [5, 5.41) is 0. The largest absolute Gasteiger partial charge is 0.382 e. The van der Waals surface area contributed by atoms with Gasteiger partial charge in [0.25, 0.3) is 0 Å². The Morgan fingerprint density at radius 2 is 0.853 bits per heavy atom. The van der Waals surface area contributed by atoms with Crippen LogP contribution < -0.4 is 0 Å². The van der Waals surface area contributed by atoms with Gasteiger partial charge >= 0.3 is 0 Å². The van der Waals surface area contributed by atoms with Crippen LogP contribution in [0.15, 0.2) is 0 Å². The summed E-state index contributed by atoms with van der Waals surface area (Å²) < 4.78 is 27.6. The third-order valence-electron chi connectivity index (χ3n) is 2.71. The summed E-state index contributed by atoms with van der Waals surface area (Å²) in [5.41, 5.74) is 0. The van der Waals surface area contributed by atoms with E-state index in [-0.39, 0.29) is 61.4 Å². The minimum atomic E-state index is -0.236. The molecular formula is C23H46O11. The van der Waals surface area contributed by atoms with Crippen molar-refractivity contribution in [2.45, 2.75) is 47.6 Å². The Hall–Kier alpha value is -1.89. The monoisotopic (exact) mass is 498 g/mol. The second-order valence-corrected chi connectivity index (χ2v) is 6.64. The Morgan fingerprint density at radius 3 is 0.971 bits per heavy atom. The van der Waals surface area contributed by atoms with Crippen LogP contribution in [0, 0.1) is 0 Å². The van der Waals surface area contributed by atoms with Crippen LogP contribution in [0.1, 0.15) is 41.5 Å². The number of rotatable bonds is 13. The van der Waals surface area contributed by atoms with Crippen LogP contribution in [0.3, 0.4) is 0 Å². The minimum absolute atomic E-state index is 0.0473. The normalized spacial score (nSPS) is 9.74. The predicted molar refractivity (Wildman–Crippen MR) is 128 cm³/mol. The number of carbonyl (C=O) groups excluding carboxylic acids is 5. The fraction of sp³-hybridized carbons (Fsp3) is 0.783. The zero-order chi connectivity index (χ0) is 27.9. The molecule has 0 aliphatic carbocycles. The van der Waals surface area contributed by atoms with E-state index in [1.54, 1.807) is 14.0 Å². The van der Waals surface area contributed by atoms with Gasteiger partial charge in [0.05, 0.1) is 13.2 Å². The maximum Gasteiger partial charge on any atom is 0.158 e. The molecule has 1 atom stereocenters. The Balaban J connectivity index is -0.000000104. The predicted octanol–water partition coefficient (Wildman–Crippen LogP) is 1.51. The van der Waals surface area contributed by atoms with Gasteiger partial charge in [0.1, 0.15) is 32.5 Å². The maximum absolute atomic E-state index is 10.2. The molecule has 0 aromatic heterocycles. The fourth-order valence-corrected chi connectivity index (χ4v) is 1.13. The molecule has 0 spiro atoms. The number of carbonyl (C=O) groups is 5. The van der Waals surface area contributed by atoms with E-state index in [0.717, 1.165) is 0 Å². The molecule has 0 aliphatic rings. The number of Topliss-reactive ketones (excluding diaryl/α,β-unsaturated/α-hetero) is 5. The highest BCUT2D eigenvalue weighted by Gasteiger charge is 2.01. The van der Waals surface area contributed by atoms with Crippen LogP contribution in [-0.4, -0.2) is 110 Å². The van der Waals surface area contributed by atoms with Gasteiger partial charge in [-0.1, -0.05) is 0 Å². The Kier molecular flexibility index (Phi) is 44.4. The zero-order valence-electron chi connectivity index (χ0n) is 22.8. The van der Waals surface area contributed by atoms with E-state index in [4.69, 9.17) is 4.74 Å². The Morgan fingerprint density at radius 1 is 0.529 bits per heavy atom. The summed E-state index contributed by atoms with van der Waals surface area (Å²) in [4.78, 5) is 50.2. The smallest absolute Gasteiger partial charge is 0.158 e. The molecule has 11 heteroatoms. The highest BCUT2D eigenvalue weighted by atomic mass is 16.5. The van der Waals surface area contributed by atoms with E-state index in [2.05, 4.69) is 23.7 Å². The molecule has 0 aliphatic heterocycles. The topological polar surface area (TPSA) is 141 Å². The van der Waals surface area contributed by atoms with Gasteiger partial charge in [0.15, 0.2) is 28.9 Å². The molecule has 0 fully saturated rings. The molecule has 11 nitrogen and oxygen atoms in total. The average Bonchev–Trinajstić information content (AvgIpc) is 2.72. The summed E-state index contributed by atoms with van der Waals surface area (Å²) in [6.45, 7) is 11.1. The maximum atomic E-state index is 10.2. The van der Waals surface area contributed by atoms with Gasteiger partial charge in [-0.25, -0.2) is 0 Å². The molecular weight excluding hydrogens is 452 g/mol. The van der Waals surface area contributed by atoms with Crippen molar-refractivity contribution < 1.29 is 52.4 Å². The van der Waals surface area contributed by atoms with E-state index < -0.39 is 0 Å². The van der Waals surface area contributed by atoms with Crippen molar-refractivity contribution in [3.8, 4) is 0 Å². The first-order valence-electron chi connectivity index (χ1n) is 10.3. The van der Waals surface area contributed by atoms with Gasteiger partial charge in [0.2, 0.25) is 0 Å².